The van der Waals surface area contributed by atoms with Crippen LogP contribution in [0.25, 0.3) is 22.4 Å². The summed E-state index contributed by atoms with van der Waals surface area (Å²) in [4.78, 5) is 8.30. The first-order valence-electron chi connectivity index (χ1n) is 7.62. The van der Waals surface area contributed by atoms with Crippen LogP contribution in [0.2, 0.25) is 0 Å². The van der Waals surface area contributed by atoms with Gasteiger partial charge >= 0.3 is 0 Å². The zero-order valence-electron chi connectivity index (χ0n) is 14.2. The molecular weight excluding hydrogens is 335 g/mol. The maximum absolute atomic E-state index is 14.0. The molecule has 2 aromatic heterocycles. The maximum atomic E-state index is 14.0. The predicted octanol–water partition coefficient (Wildman–Crippen LogP) is 3.42. The lowest BCUT2D eigenvalue weighted by molar-refractivity contribution is 0.386. The second-order valence-electron chi connectivity index (χ2n) is 5.36. The van der Waals surface area contributed by atoms with E-state index in [1.165, 1.54) is 26.4 Å². The summed E-state index contributed by atoms with van der Waals surface area (Å²) >= 11 is 0. The van der Waals surface area contributed by atoms with Gasteiger partial charge in [0.05, 0.1) is 19.9 Å². The highest BCUT2D eigenvalue weighted by Gasteiger charge is 2.15. The number of ether oxygens (including phenoxy) is 2. The summed E-state index contributed by atoms with van der Waals surface area (Å²) in [6.45, 7) is 0. The number of aromatic nitrogens is 2. The molecule has 0 amide bonds. The molecule has 0 fully saturated rings. The maximum Gasteiger partial charge on any atom is 0.213 e. The van der Waals surface area contributed by atoms with Gasteiger partial charge in [0.2, 0.25) is 5.88 Å². The van der Waals surface area contributed by atoms with Gasteiger partial charge in [-0.3, -0.25) is 0 Å². The van der Waals surface area contributed by atoms with E-state index >= 15 is 0 Å². The molecule has 0 aliphatic rings. The Hall–Kier alpha value is -3.66. The van der Waals surface area contributed by atoms with Crippen LogP contribution in [0.15, 0.2) is 42.6 Å². The van der Waals surface area contributed by atoms with Crippen molar-refractivity contribution in [2.24, 2.45) is 0 Å². The highest BCUT2D eigenvalue weighted by atomic mass is 19.1. The molecule has 7 heteroatoms. The molecule has 26 heavy (non-hydrogen) atoms. The van der Waals surface area contributed by atoms with Gasteiger partial charge in [0.15, 0.2) is 11.6 Å². The minimum atomic E-state index is -0.512. The van der Waals surface area contributed by atoms with E-state index in [2.05, 4.69) is 16.0 Å². The number of benzene rings is 1. The van der Waals surface area contributed by atoms with Crippen LogP contribution >= 0.6 is 0 Å². The van der Waals surface area contributed by atoms with Gasteiger partial charge in [-0.25, -0.2) is 14.4 Å². The average molecular weight is 350 g/mol. The van der Waals surface area contributed by atoms with Gasteiger partial charge in [0.25, 0.3) is 0 Å². The van der Waals surface area contributed by atoms with Gasteiger partial charge in [-0.15, -0.1) is 0 Å². The van der Waals surface area contributed by atoms with Crippen molar-refractivity contribution in [2.75, 3.05) is 20.0 Å². The number of hydrogen-bond donors (Lipinski definition) is 1. The molecule has 3 rings (SSSR count). The predicted molar refractivity (Wildman–Crippen MR) is 95.1 cm³/mol. The second-order valence-corrected chi connectivity index (χ2v) is 5.36. The number of nitrogens with zero attached hydrogens (tertiary/aromatic N) is 3. The minimum absolute atomic E-state index is 0.0620. The summed E-state index contributed by atoms with van der Waals surface area (Å²) in [7, 11) is 2.90. The first-order chi connectivity index (χ1) is 12.6. The van der Waals surface area contributed by atoms with Crippen LogP contribution in [0.4, 0.5) is 10.2 Å². The smallest absolute Gasteiger partial charge is 0.213 e. The molecule has 0 spiro atoms. The van der Waals surface area contributed by atoms with Crippen molar-refractivity contribution < 1.29 is 13.9 Å². The summed E-state index contributed by atoms with van der Waals surface area (Å²) < 4.78 is 24.1. The molecule has 0 aliphatic heterocycles. The van der Waals surface area contributed by atoms with Crippen LogP contribution in [-0.4, -0.2) is 24.2 Å². The minimum Gasteiger partial charge on any atom is -0.494 e. The summed E-state index contributed by atoms with van der Waals surface area (Å²) in [5, 5.41) is 9.47. The fourth-order valence-corrected chi connectivity index (χ4v) is 2.57. The van der Waals surface area contributed by atoms with Crippen LogP contribution in [0.1, 0.15) is 5.56 Å². The number of nitriles is 1. The van der Waals surface area contributed by atoms with E-state index in [1.54, 1.807) is 30.5 Å². The van der Waals surface area contributed by atoms with E-state index in [4.69, 9.17) is 15.2 Å². The second kappa shape index (κ2) is 7.07. The fraction of sp³-hybridized carbons (Fsp3) is 0.105. The third-order valence-corrected chi connectivity index (χ3v) is 3.86. The molecule has 2 heterocycles. The summed E-state index contributed by atoms with van der Waals surface area (Å²) in [6.07, 6.45) is 1.57. The molecule has 3 aromatic rings. The molecule has 2 N–H and O–H groups in total. The first-order valence-corrected chi connectivity index (χ1v) is 7.62. The topological polar surface area (TPSA) is 94.0 Å². The molecule has 0 atom stereocenters. The quantitative estimate of drug-likeness (QED) is 0.775. The Balaban J connectivity index is 2.19. The Labute approximate surface area is 149 Å². The normalized spacial score (nSPS) is 10.2. The van der Waals surface area contributed by atoms with Crippen LogP contribution in [0.5, 0.6) is 11.6 Å². The van der Waals surface area contributed by atoms with E-state index in [0.29, 0.717) is 28.3 Å². The molecule has 0 bridgehead atoms. The molecule has 1 aromatic carbocycles. The lowest BCUT2D eigenvalue weighted by atomic mass is 9.99. The van der Waals surface area contributed by atoms with Crippen molar-refractivity contribution in [3.63, 3.8) is 0 Å². The highest BCUT2D eigenvalue weighted by molar-refractivity contribution is 5.80. The highest BCUT2D eigenvalue weighted by Crippen LogP contribution is 2.33. The van der Waals surface area contributed by atoms with Crippen molar-refractivity contribution in [3.05, 3.63) is 54.0 Å². The van der Waals surface area contributed by atoms with Crippen molar-refractivity contribution >= 4 is 5.82 Å². The monoisotopic (exact) mass is 350 g/mol. The van der Waals surface area contributed by atoms with Crippen molar-refractivity contribution in [3.8, 4) is 40.1 Å². The molecule has 0 radical (unpaired) electrons. The molecule has 130 valence electrons. The number of halogens is 1. The number of nitrogens with two attached hydrogens (primary N) is 1. The third-order valence-electron chi connectivity index (χ3n) is 3.86. The lowest BCUT2D eigenvalue weighted by Crippen LogP contribution is -2.00. The van der Waals surface area contributed by atoms with E-state index < -0.39 is 5.82 Å². The SMILES string of the molecule is COc1cc(-c2cc(-c3ccc(OC)c(F)c3)nc(N)c2C#N)ccn1. The average Bonchev–Trinajstić information content (AvgIpc) is 2.67. The van der Waals surface area contributed by atoms with Crippen LogP contribution < -0.4 is 15.2 Å². The number of anilines is 1. The third kappa shape index (κ3) is 3.13. The van der Waals surface area contributed by atoms with Crippen molar-refractivity contribution in [1.82, 2.24) is 9.97 Å². The summed E-state index contributed by atoms with van der Waals surface area (Å²) in [6, 6.07) is 11.7. The number of hydrogen-bond acceptors (Lipinski definition) is 6. The van der Waals surface area contributed by atoms with Gasteiger partial charge in [-0.05, 0) is 35.9 Å². The number of pyridine rings is 2. The van der Waals surface area contributed by atoms with Crippen molar-refractivity contribution in [2.45, 2.75) is 0 Å². The number of nitrogen functional groups attached to an aromatic ring is 1. The van der Waals surface area contributed by atoms with Gasteiger partial charge in [-0.1, -0.05) is 0 Å². The molecule has 6 nitrogen and oxygen atoms in total. The summed E-state index contributed by atoms with van der Waals surface area (Å²) in [5.41, 5.74) is 8.41. The molecular formula is C19H15FN4O2. The molecule has 0 saturated heterocycles. The van der Waals surface area contributed by atoms with E-state index in [0.717, 1.165) is 0 Å². The van der Waals surface area contributed by atoms with Gasteiger partial charge in [0, 0.05) is 23.4 Å². The Morgan fingerprint density at radius 1 is 1.08 bits per heavy atom. The Kier molecular flexibility index (Phi) is 4.67. The Morgan fingerprint density at radius 3 is 2.54 bits per heavy atom. The van der Waals surface area contributed by atoms with Crippen LogP contribution in [-0.2, 0) is 0 Å². The molecule has 0 unspecified atom stereocenters. The standard InChI is InChI=1S/C19H15FN4O2/c1-25-17-4-3-12(7-15(17)20)16-9-13(14(10-21)19(22)24-16)11-5-6-23-18(8-11)26-2/h3-9H,1-2H3,(H2,22,24). The van der Waals surface area contributed by atoms with E-state index in [9.17, 15) is 9.65 Å². The van der Waals surface area contributed by atoms with Gasteiger partial charge < -0.3 is 15.2 Å². The number of rotatable bonds is 4. The van der Waals surface area contributed by atoms with E-state index in [-0.39, 0.29) is 17.1 Å². The Bertz CT molecular complexity index is 1010. The zero-order valence-corrected chi connectivity index (χ0v) is 14.2. The summed E-state index contributed by atoms with van der Waals surface area (Å²) in [5.74, 6) is 0.0853. The van der Waals surface area contributed by atoms with E-state index in [1.807, 2.05) is 0 Å². The zero-order chi connectivity index (χ0) is 18.7. The largest absolute Gasteiger partial charge is 0.494 e. The van der Waals surface area contributed by atoms with Gasteiger partial charge in [-0.2, -0.15) is 5.26 Å². The van der Waals surface area contributed by atoms with Crippen LogP contribution in [0.3, 0.4) is 0 Å². The lowest BCUT2D eigenvalue weighted by Gasteiger charge is -2.11. The molecule has 0 aliphatic carbocycles. The fourth-order valence-electron chi connectivity index (χ4n) is 2.57. The number of methoxy groups -OCH3 is 2. The first kappa shape index (κ1) is 17.2. The molecule has 0 saturated carbocycles. The van der Waals surface area contributed by atoms with Gasteiger partial charge in [0.1, 0.15) is 17.5 Å². The van der Waals surface area contributed by atoms with Crippen molar-refractivity contribution in [1.29, 1.82) is 5.26 Å². The Morgan fingerprint density at radius 2 is 1.88 bits per heavy atom. The van der Waals surface area contributed by atoms with Crippen LogP contribution in [0, 0.1) is 17.1 Å².